The fraction of sp³-hybridized carbons (Fsp3) is 0.571. The average Bonchev–Trinajstić information content (AvgIpc) is 2.44. The van der Waals surface area contributed by atoms with E-state index in [4.69, 9.17) is 10.5 Å². The van der Waals surface area contributed by atoms with Crippen LogP contribution in [0.25, 0.3) is 0 Å². The van der Waals surface area contributed by atoms with E-state index in [0.29, 0.717) is 13.2 Å². The first-order valence-electron chi connectivity index (χ1n) is 6.90. The average molecular weight is 300 g/mol. The van der Waals surface area contributed by atoms with Gasteiger partial charge in [-0.2, -0.15) is 0 Å². The van der Waals surface area contributed by atoms with E-state index in [1.807, 2.05) is 26.0 Å². The Labute approximate surface area is 121 Å². The second-order valence-corrected chi connectivity index (χ2v) is 6.42. The Hall–Kier alpha value is -0.950. The first kappa shape index (κ1) is 17.1. The highest BCUT2D eigenvalue weighted by Crippen LogP contribution is 2.11. The third kappa shape index (κ3) is 5.58. The molecule has 0 bridgehead atoms. The summed E-state index contributed by atoms with van der Waals surface area (Å²) in [7, 11) is -3.47. The van der Waals surface area contributed by atoms with Crippen molar-refractivity contribution in [2.75, 3.05) is 19.7 Å². The molecule has 0 aromatic heterocycles. The van der Waals surface area contributed by atoms with Crippen LogP contribution in [-0.2, 0) is 21.2 Å². The number of nitrogens with two attached hydrogens (primary N) is 1. The van der Waals surface area contributed by atoms with Crippen LogP contribution in [-0.4, -0.2) is 34.2 Å². The number of hydrogen-bond donors (Lipinski definition) is 2. The lowest BCUT2D eigenvalue weighted by molar-refractivity contribution is 0.0799. The molecule has 1 rings (SSSR count). The van der Waals surface area contributed by atoms with Crippen LogP contribution >= 0.6 is 0 Å². The molecular weight excluding hydrogens is 276 g/mol. The van der Waals surface area contributed by atoms with E-state index in [2.05, 4.69) is 4.72 Å². The van der Waals surface area contributed by atoms with Gasteiger partial charge in [-0.3, -0.25) is 0 Å². The molecule has 0 heterocycles. The molecule has 0 aliphatic rings. The first-order chi connectivity index (χ1) is 9.49. The smallest absolute Gasteiger partial charge is 0.240 e. The van der Waals surface area contributed by atoms with Gasteiger partial charge in [0.1, 0.15) is 0 Å². The summed E-state index contributed by atoms with van der Waals surface area (Å²) >= 11 is 0. The number of benzene rings is 1. The van der Waals surface area contributed by atoms with Crippen molar-refractivity contribution in [3.05, 3.63) is 29.8 Å². The molecule has 1 unspecified atom stereocenters. The monoisotopic (exact) mass is 300 g/mol. The van der Waals surface area contributed by atoms with Gasteiger partial charge >= 0.3 is 0 Å². The first-order valence-corrected chi connectivity index (χ1v) is 8.38. The lowest BCUT2D eigenvalue weighted by Crippen LogP contribution is -2.32. The van der Waals surface area contributed by atoms with Crippen molar-refractivity contribution in [2.45, 2.75) is 37.7 Å². The van der Waals surface area contributed by atoms with E-state index < -0.39 is 10.0 Å². The van der Waals surface area contributed by atoms with E-state index >= 15 is 0 Å². The molecule has 1 aromatic rings. The zero-order valence-electron chi connectivity index (χ0n) is 12.1. The molecule has 1 atom stereocenters. The minimum absolute atomic E-state index is 0.140. The molecule has 0 radical (unpaired) electrons. The molecule has 0 aliphatic heterocycles. The zero-order chi connectivity index (χ0) is 15.0. The molecule has 0 fully saturated rings. The number of aryl methyl sites for hydroxylation is 1. The third-order valence-corrected chi connectivity index (χ3v) is 4.35. The van der Waals surface area contributed by atoms with Gasteiger partial charge in [0, 0.05) is 13.2 Å². The number of hydrogen-bond acceptors (Lipinski definition) is 4. The largest absolute Gasteiger partial charge is 0.377 e. The van der Waals surface area contributed by atoms with Gasteiger partial charge in [0.25, 0.3) is 0 Å². The predicted molar refractivity (Wildman–Crippen MR) is 80.1 cm³/mol. The summed E-state index contributed by atoms with van der Waals surface area (Å²) in [4.78, 5) is 0.276. The van der Waals surface area contributed by atoms with Gasteiger partial charge in [0.05, 0.1) is 11.0 Å². The summed E-state index contributed by atoms with van der Waals surface area (Å²) in [6, 6.07) is 6.91. The topological polar surface area (TPSA) is 81.4 Å². The lowest BCUT2D eigenvalue weighted by Gasteiger charge is -2.13. The molecule has 0 aliphatic carbocycles. The number of ether oxygens (including phenoxy) is 1. The van der Waals surface area contributed by atoms with Gasteiger partial charge in [-0.25, -0.2) is 13.1 Å². The maximum absolute atomic E-state index is 12.1. The Kier molecular flexibility index (Phi) is 7.15. The molecular formula is C14H24N2O3S. The van der Waals surface area contributed by atoms with Gasteiger partial charge in [-0.15, -0.1) is 0 Å². The SMILES string of the molecule is CCOC(C)CNS(=O)(=O)c1ccc(CCCN)cc1. The summed E-state index contributed by atoms with van der Waals surface area (Å²) in [5.41, 5.74) is 6.54. The van der Waals surface area contributed by atoms with Gasteiger partial charge in [0.15, 0.2) is 0 Å². The van der Waals surface area contributed by atoms with Gasteiger partial charge in [-0.05, 0) is 50.9 Å². The van der Waals surface area contributed by atoms with Crippen molar-refractivity contribution in [1.29, 1.82) is 0 Å². The van der Waals surface area contributed by atoms with E-state index in [9.17, 15) is 8.42 Å². The Balaban J connectivity index is 2.63. The Bertz CT molecular complexity index is 486. The lowest BCUT2D eigenvalue weighted by atomic mass is 10.1. The fourth-order valence-electron chi connectivity index (χ4n) is 1.80. The van der Waals surface area contributed by atoms with Crippen molar-refractivity contribution < 1.29 is 13.2 Å². The van der Waals surface area contributed by atoms with Crippen molar-refractivity contribution in [3.8, 4) is 0 Å². The number of sulfonamides is 1. The maximum Gasteiger partial charge on any atom is 0.240 e. The molecule has 0 spiro atoms. The van der Waals surface area contributed by atoms with Gasteiger partial charge < -0.3 is 10.5 Å². The zero-order valence-corrected chi connectivity index (χ0v) is 12.9. The molecule has 114 valence electrons. The fourth-order valence-corrected chi connectivity index (χ4v) is 2.91. The van der Waals surface area contributed by atoms with Gasteiger partial charge in [-0.1, -0.05) is 12.1 Å². The molecule has 0 saturated carbocycles. The van der Waals surface area contributed by atoms with Crippen molar-refractivity contribution >= 4 is 10.0 Å². The van der Waals surface area contributed by atoms with Gasteiger partial charge in [0.2, 0.25) is 10.0 Å². The Morgan fingerprint density at radius 3 is 2.50 bits per heavy atom. The molecule has 3 N–H and O–H groups in total. The minimum atomic E-state index is -3.47. The highest BCUT2D eigenvalue weighted by Gasteiger charge is 2.14. The molecule has 1 aromatic carbocycles. The van der Waals surface area contributed by atoms with E-state index in [1.165, 1.54) is 0 Å². The van der Waals surface area contributed by atoms with E-state index in [1.54, 1.807) is 12.1 Å². The summed E-state index contributed by atoms with van der Waals surface area (Å²) in [5, 5.41) is 0. The molecule has 5 nitrogen and oxygen atoms in total. The number of nitrogens with one attached hydrogen (secondary N) is 1. The normalized spacial score (nSPS) is 13.3. The second-order valence-electron chi connectivity index (χ2n) is 4.65. The molecule has 0 amide bonds. The third-order valence-electron chi connectivity index (χ3n) is 2.92. The summed E-state index contributed by atoms with van der Waals surface area (Å²) in [5.74, 6) is 0. The number of rotatable bonds is 9. The van der Waals surface area contributed by atoms with E-state index in [0.717, 1.165) is 18.4 Å². The van der Waals surface area contributed by atoms with Crippen LogP contribution in [0.2, 0.25) is 0 Å². The quantitative estimate of drug-likeness (QED) is 0.720. The second kappa shape index (κ2) is 8.36. The van der Waals surface area contributed by atoms with Crippen LogP contribution in [0.1, 0.15) is 25.8 Å². The van der Waals surface area contributed by atoms with Crippen LogP contribution < -0.4 is 10.5 Å². The standard InChI is InChI=1S/C14H24N2O3S/c1-3-19-12(2)11-16-20(17,18)14-8-6-13(7-9-14)5-4-10-15/h6-9,12,16H,3-5,10-11,15H2,1-2H3. The van der Waals surface area contributed by atoms with Crippen LogP contribution in [0.3, 0.4) is 0 Å². The van der Waals surface area contributed by atoms with Crippen LogP contribution in [0.5, 0.6) is 0 Å². The van der Waals surface area contributed by atoms with Crippen LogP contribution in [0, 0.1) is 0 Å². The Morgan fingerprint density at radius 1 is 1.30 bits per heavy atom. The van der Waals surface area contributed by atoms with Crippen molar-refractivity contribution in [3.63, 3.8) is 0 Å². The maximum atomic E-state index is 12.1. The molecule has 20 heavy (non-hydrogen) atoms. The summed E-state index contributed by atoms with van der Waals surface area (Å²) in [6.45, 7) is 5.19. The Morgan fingerprint density at radius 2 is 1.95 bits per heavy atom. The highest BCUT2D eigenvalue weighted by molar-refractivity contribution is 7.89. The molecule has 0 saturated heterocycles. The van der Waals surface area contributed by atoms with E-state index in [-0.39, 0.29) is 17.5 Å². The predicted octanol–water partition coefficient (Wildman–Crippen LogP) is 1.28. The van der Waals surface area contributed by atoms with Crippen LogP contribution in [0.15, 0.2) is 29.2 Å². The highest BCUT2D eigenvalue weighted by atomic mass is 32.2. The summed E-state index contributed by atoms with van der Waals surface area (Å²) < 4.78 is 32.0. The molecule has 6 heteroatoms. The van der Waals surface area contributed by atoms with Crippen molar-refractivity contribution in [2.24, 2.45) is 5.73 Å². The minimum Gasteiger partial charge on any atom is -0.377 e. The van der Waals surface area contributed by atoms with Crippen molar-refractivity contribution in [1.82, 2.24) is 4.72 Å². The summed E-state index contributed by atoms with van der Waals surface area (Å²) in [6.07, 6.45) is 1.63. The van der Waals surface area contributed by atoms with Crippen LogP contribution in [0.4, 0.5) is 0 Å².